The number of hydrogen-bond donors (Lipinski definition) is 0. The van der Waals surface area contributed by atoms with Gasteiger partial charge in [0.15, 0.2) is 6.79 Å². The smallest absolute Gasteiger partial charge is 0.211 e. The van der Waals surface area contributed by atoms with E-state index in [1.807, 2.05) is 6.07 Å². The number of rotatable bonds is 8. The van der Waals surface area contributed by atoms with Crippen molar-refractivity contribution in [1.29, 1.82) is 0 Å². The molecule has 32 heavy (non-hydrogen) atoms. The number of carbonyl (C=O) groups is 1. The van der Waals surface area contributed by atoms with Crippen LogP contribution in [0.3, 0.4) is 0 Å². The maximum Gasteiger partial charge on any atom is 0.211 e. The molecular formula is C25H31NO6. The quantitative estimate of drug-likeness (QED) is 0.446. The predicted molar refractivity (Wildman–Crippen MR) is 118 cm³/mol. The number of nitrogens with zero attached hydrogens (tertiary/aromatic N) is 1. The molecule has 4 rings (SSSR count). The molecule has 2 heterocycles. The topological polar surface area (TPSA) is 76.1 Å². The van der Waals surface area contributed by atoms with Gasteiger partial charge in [0, 0.05) is 43.4 Å². The molecule has 7 nitrogen and oxygen atoms in total. The van der Waals surface area contributed by atoms with Crippen LogP contribution in [0.25, 0.3) is 0 Å². The lowest BCUT2D eigenvalue weighted by Gasteiger charge is -2.49. The van der Waals surface area contributed by atoms with Crippen LogP contribution in [0.1, 0.15) is 60.6 Å². The van der Waals surface area contributed by atoms with Crippen LogP contribution in [-0.2, 0) is 14.2 Å². The Labute approximate surface area is 189 Å². The predicted octanol–water partition coefficient (Wildman–Crippen LogP) is 4.34. The standard InChI is InChI=1S/C25H31NO6/c1-25(2)19-9-8-17(30-14-28-3)13-18(19)23-21(31-15-29-4)11-16(12-22(23)32-25)24(27)20-7-5-6-10-26-20/h5-7,10-12,17-19H,8-9,13-15H2,1-4H3/t17-,18-,19-/m1/s1. The van der Waals surface area contributed by atoms with E-state index in [2.05, 4.69) is 18.8 Å². The van der Waals surface area contributed by atoms with Gasteiger partial charge in [-0.15, -0.1) is 0 Å². The molecule has 0 spiro atoms. The van der Waals surface area contributed by atoms with Crippen LogP contribution in [0.2, 0.25) is 0 Å². The van der Waals surface area contributed by atoms with Crippen molar-refractivity contribution in [3.63, 3.8) is 0 Å². The average Bonchev–Trinajstić information content (AvgIpc) is 2.80. The monoisotopic (exact) mass is 441 g/mol. The summed E-state index contributed by atoms with van der Waals surface area (Å²) in [5.74, 6) is 1.59. The Morgan fingerprint density at radius 3 is 2.69 bits per heavy atom. The number of pyridine rings is 1. The average molecular weight is 442 g/mol. The molecule has 1 aromatic carbocycles. The maximum atomic E-state index is 13.1. The number of fused-ring (bicyclic) bond motifs is 3. The molecule has 0 radical (unpaired) electrons. The van der Waals surface area contributed by atoms with E-state index in [-0.39, 0.29) is 37.0 Å². The van der Waals surface area contributed by atoms with Crippen molar-refractivity contribution in [3.8, 4) is 11.5 Å². The number of hydrogen-bond acceptors (Lipinski definition) is 7. The van der Waals surface area contributed by atoms with Crippen molar-refractivity contribution < 1.29 is 28.5 Å². The minimum atomic E-state index is -0.380. The lowest BCUT2D eigenvalue weighted by Crippen LogP contribution is -2.48. The van der Waals surface area contributed by atoms with Gasteiger partial charge >= 0.3 is 0 Å². The molecule has 0 saturated heterocycles. The molecule has 0 unspecified atom stereocenters. The largest absolute Gasteiger partial charge is 0.487 e. The molecule has 3 atom stereocenters. The van der Waals surface area contributed by atoms with E-state index < -0.39 is 0 Å². The molecule has 0 amide bonds. The SMILES string of the molecule is COCOc1cc(C(=O)c2ccccn2)cc2c1[C@@H]1C[C@H](OCOC)CC[C@H]1C(C)(C)O2. The van der Waals surface area contributed by atoms with Gasteiger partial charge in [-0.3, -0.25) is 9.78 Å². The number of benzene rings is 1. The first-order valence-corrected chi connectivity index (χ1v) is 11.0. The summed E-state index contributed by atoms with van der Waals surface area (Å²) in [6.07, 6.45) is 4.48. The van der Waals surface area contributed by atoms with Gasteiger partial charge in [-0.1, -0.05) is 6.07 Å². The molecule has 1 fully saturated rings. The van der Waals surface area contributed by atoms with Gasteiger partial charge in [0.25, 0.3) is 0 Å². The first kappa shape index (κ1) is 22.7. The number of aromatic nitrogens is 1. The van der Waals surface area contributed by atoms with Gasteiger partial charge in [-0.25, -0.2) is 0 Å². The molecule has 0 bridgehead atoms. The van der Waals surface area contributed by atoms with Crippen molar-refractivity contribution in [1.82, 2.24) is 4.98 Å². The second kappa shape index (κ2) is 9.57. The normalized spacial score (nSPS) is 23.6. The minimum absolute atomic E-state index is 0.0814. The summed E-state index contributed by atoms with van der Waals surface area (Å²) in [5.41, 5.74) is 1.46. The Kier molecular flexibility index (Phi) is 6.79. The van der Waals surface area contributed by atoms with Gasteiger partial charge in [0.2, 0.25) is 5.78 Å². The van der Waals surface area contributed by atoms with Gasteiger partial charge in [0.05, 0.1) is 6.10 Å². The number of carbonyl (C=O) groups excluding carboxylic acids is 1. The summed E-state index contributed by atoms with van der Waals surface area (Å²) in [5, 5.41) is 0. The fourth-order valence-electron chi connectivity index (χ4n) is 5.03. The Balaban J connectivity index is 1.76. The van der Waals surface area contributed by atoms with E-state index in [4.69, 9.17) is 23.7 Å². The van der Waals surface area contributed by atoms with Crippen LogP contribution >= 0.6 is 0 Å². The third-order valence-electron chi connectivity index (χ3n) is 6.46. The summed E-state index contributed by atoms with van der Waals surface area (Å²) >= 11 is 0. The molecule has 0 N–H and O–H groups in total. The van der Waals surface area contributed by atoms with Crippen molar-refractivity contribution >= 4 is 5.78 Å². The van der Waals surface area contributed by atoms with Crippen molar-refractivity contribution in [3.05, 3.63) is 53.3 Å². The molecule has 172 valence electrons. The van der Waals surface area contributed by atoms with E-state index in [0.29, 0.717) is 28.7 Å². The summed E-state index contributed by atoms with van der Waals surface area (Å²) < 4.78 is 28.7. The molecule has 1 aliphatic carbocycles. The van der Waals surface area contributed by atoms with Crippen molar-refractivity contribution in [2.75, 3.05) is 27.8 Å². The zero-order valence-corrected chi connectivity index (χ0v) is 19.1. The van der Waals surface area contributed by atoms with Crippen molar-refractivity contribution in [2.24, 2.45) is 5.92 Å². The van der Waals surface area contributed by atoms with E-state index in [1.165, 1.54) is 0 Å². The zero-order valence-electron chi connectivity index (χ0n) is 19.1. The van der Waals surface area contributed by atoms with Gasteiger partial charge in [0.1, 0.15) is 29.6 Å². The maximum absolute atomic E-state index is 13.1. The molecule has 1 aliphatic heterocycles. The molecule has 1 saturated carbocycles. The van der Waals surface area contributed by atoms with Crippen LogP contribution in [0.5, 0.6) is 11.5 Å². The highest BCUT2D eigenvalue weighted by Crippen LogP contribution is 2.55. The van der Waals surface area contributed by atoms with Crippen LogP contribution in [-0.4, -0.2) is 50.3 Å². The third kappa shape index (κ3) is 4.51. The Morgan fingerprint density at radius 2 is 1.97 bits per heavy atom. The van der Waals surface area contributed by atoms with E-state index in [1.54, 1.807) is 44.7 Å². The lowest BCUT2D eigenvalue weighted by molar-refractivity contribution is -0.105. The minimum Gasteiger partial charge on any atom is -0.487 e. The lowest BCUT2D eigenvalue weighted by atomic mass is 9.65. The van der Waals surface area contributed by atoms with Gasteiger partial charge in [-0.05, 0) is 57.4 Å². The van der Waals surface area contributed by atoms with Crippen LogP contribution in [0, 0.1) is 5.92 Å². The Bertz CT molecular complexity index is 945. The van der Waals surface area contributed by atoms with Crippen LogP contribution in [0.4, 0.5) is 0 Å². The fraction of sp³-hybridized carbons (Fsp3) is 0.520. The highest BCUT2D eigenvalue weighted by atomic mass is 16.7. The van der Waals surface area contributed by atoms with E-state index in [9.17, 15) is 4.79 Å². The first-order chi connectivity index (χ1) is 15.4. The molecule has 7 heteroatoms. The van der Waals surface area contributed by atoms with Gasteiger partial charge in [-0.2, -0.15) is 0 Å². The van der Waals surface area contributed by atoms with Crippen molar-refractivity contribution in [2.45, 2.75) is 50.7 Å². The molecular weight excluding hydrogens is 410 g/mol. The summed E-state index contributed by atoms with van der Waals surface area (Å²) in [6.45, 7) is 4.59. The highest BCUT2D eigenvalue weighted by molar-refractivity contribution is 6.08. The third-order valence-corrected chi connectivity index (χ3v) is 6.46. The second-order valence-electron chi connectivity index (χ2n) is 8.91. The molecule has 2 aliphatic rings. The summed E-state index contributed by atoms with van der Waals surface area (Å²) in [6, 6.07) is 8.90. The van der Waals surface area contributed by atoms with E-state index >= 15 is 0 Å². The fourth-order valence-corrected chi connectivity index (χ4v) is 5.03. The Morgan fingerprint density at radius 1 is 1.16 bits per heavy atom. The zero-order chi connectivity index (χ0) is 22.7. The number of methoxy groups -OCH3 is 2. The van der Waals surface area contributed by atoms with E-state index in [0.717, 1.165) is 24.8 Å². The summed E-state index contributed by atoms with van der Waals surface area (Å²) in [7, 11) is 3.21. The molecule has 1 aromatic heterocycles. The Hall–Kier alpha value is -2.48. The first-order valence-electron chi connectivity index (χ1n) is 11.0. The number of ketones is 1. The van der Waals surface area contributed by atoms with Crippen LogP contribution < -0.4 is 9.47 Å². The van der Waals surface area contributed by atoms with Crippen LogP contribution in [0.15, 0.2) is 36.5 Å². The summed E-state index contributed by atoms with van der Waals surface area (Å²) in [4.78, 5) is 17.3. The second-order valence-corrected chi connectivity index (χ2v) is 8.91. The number of ether oxygens (including phenoxy) is 5. The van der Waals surface area contributed by atoms with Gasteiger partial charge < -0.3 is 23.7 Å². The highest BCUT2D eigenvalue weighted by Gasteiger charge is 2.48. The molecule has 2 aromatic rings.